The third-order valence-electron chi connectivity index (χ3n) is 8.11. The van der Waals surface area contributed by atoms with Crippen LogP contribution in [-0.4, -0.2) is 61.8 Å². The highest BCUT2D eigenvalue weighted by Gasteiger charge is 2.69. The Morgan fingerprint density at radius 1 is 0.675 bits per heavy atom. The first kappa shape index (κ1) is 27.5. The third-order valence-corrected chi connectivity index (χ3v) is 8.11. The van der Waals surface area contributed by atoms with Gasteiger partial charge in [0.05, 0.1) is 6.54 Å². The molecule has 4 aromatic rings. The van der Waals surface area contributed by atoms with Crippen LogP contribution in [-0.2, 0) is 24.1 Å². The maximum absolute atomic E-state index is 13.9. The van der Waals surface area contributed by atoms with E-state index >= 15 is 0 Å². The molecule has 6 heteroatoms. The van der Waals surface area contributed by atoms with Crippen LogP contribution in [0.3, 0.4) is 0 Å². The van der Waals surface area contributed by atoms with E-state index in [1.165, 1.54) is 4.90 Å². The van der Waals surface area contributed by atoms with Gasteiger partial charge in [0.2, 0.25) is 0 Å². The van der Waals surface area contributed by atoms with Crippen molar-refractivity contribution in [3.8, 4) is 0 Å². The Hall–Kier alpha value is -4.10. The first-order valence-corrected chi connectivity index (χ1v) is 13.4. The van der Waals surface area contributed by atoms with E-state index in [9.17, 15) is 24.9 Å². The van der Waals surface area contributed by atoms with Crippen LogP contribution >= 0.6 is 0 Å². The number of piperidine rings is 1. The molecular weight excluding hydrogens is 502 g/mol. The summed E-state index contributed by atoms with van der Waals surface area (Å²) in [4.78, 5) is 28.0. The summed E-state index contributed by atoms with van der Waals surface area (Å²) < 4.78 is 0. The topological polar surface area (TPSA) is 98.1 Å². The van der Waals surface area contributed by atoms with E-state index in [1.54, 1.807) is 66.7 Å². The molecule has 0 aromatic heterocycles. The smallest absolute Gasteiger partial charge is 0.254 e. The van der Waals surface area contributed by atoms with Crippen LogP contribution in [0.4, 0.5) is 0 Å². The lowest BCUT2D eigenvalue weighted by atomic mass is 9.58. The fraction of sp³-hybridized carbons (Fsp3) is 0.235. The molecule has 0 aliphatic carbocycles. The van der Waals surface area contributed by atoms with Crippen molar-refractivity contribution in [3.05, 3.63) is 144 Å². The van der Waals surface area contributed by atoms with Gasteiger partial charge in [-0.3, -0.25) is 4.79 Å². The van der Waals surface area contributed by atoms with Crippen LogP contribution < -0.4 is 0 Å². The van der Waals surface area contributed by atoms with Crippen LogP contribution in [0.25, 0.3) is 0 Å². The molecule has 6 nitrogen and oxygen atoms in total. The molecule has 5 rings (SSSR count). The molecule has 204 valence electrons. The first-order chi connectivity index (χ1) is 19.3. The van der Waals surface area contributed by atoms with Crippen LogP contribution in [0.15, 0.2) is 121 Å². The SMILES string of the molecule is O=CC1N(C(=O)c2ccccc2)CC(O)(Cc2ccccc2)C(O)(Cc2ccccc2)C1(O)Cc1ccccc1. The van der Waals surface area contributed by atoms with Crippen molar-refractivity contribution >= 4 is 12.2 Å². The van der Waals surface area contributed by atoms with Gasteiger partial charge in [-0.1, -0.05) is 109 Å². The fourth-order valence-corrected chi connectivity index (χ4v) is 6.05. The molecule has 0 radical (unpaired) electrons. The van der Waals surface area contributed by atoms with Gasteiger partial charge in [-0.25, -0.2) is 0 Å². The second-order valence-corrected chi connectivity index (χ2v) is 10.7. The summed E-state index contributed by atoms with van der Waals surface area (Å²) in [6, 6.07) is 34.3. The normalized spacial score (nSPS) is 26.3. The molecule has 4 atom stereocenters. The number of aldehydes is 1. The Morgan fingerprint density at radius 3 is 1.57 bits per heavy atom. The monoisotopic (exact) mass is 535 g/mol. The molecule has 0 bridgehead atoms. The van der Waals surface area contributed by atoms with Gasteiger partial charge in [-0.15, -0.1) is 0 Å². The predicted octanol–water partition coefficient (Wildman–Crippen LogP) is 3.63. The highest BCUT2D eigenvalue weighted by molar-refractivity contribution is 5.96. The van der Waals surface area contributed by atoms with E-state index < -0.39 is 28.8 Å². The van der Waals surface area contributed by atoms with E-state index in [-0.39, 0.29) is 25.8 Å². The standard InChI is InChI=1S/C34H33NO5/c36-24-30-33(39,22-27-15-7-2-8-16-27)34(40,23-28-17-9-3-10-18-28)32(38,21-26-13-5-1-6-14-26)25-35(30)31(37)29-19-11-4-12-20-29/h1-20,24,30,38-40H,21-23,25H2. The van der Waals surface area contributed by atoms with E-state index in [0.717, 1.165) is 5.56 Å². The number of aliphatic hydroxyl groups is 3. The molecule has 1 aliphatic heterocycles. The minimum atomic E-state index is -2.25. The summed E-state index contributed by atoms with van der Waals surface area (Å²) in [5.41, 5.74) is -4.15. The van der Waals surface area contributed by atoms with Gasteiger partial charge in [0.15, 0.2) is 0 Å². The summed E-state index contributed by atoms with van der Waals surface area (Å²) in [6.07, 6.45) is 0.148. The summed E-state index contributed by atoms with van der Waals surface area (Å²) in [7, 11) is 0. The lowest BCUT2D eigenvalue weighted by Crippen LogP contribution is -2.83. The molecule has 0 spiro atoms. The zero-order chi connectivity index (χ0) is 28.2. The number of carbonyl (C=O) groups is 2. The second kappa shape index (κ2) is 11.2. The highest BCUT2D eigenvalue weighted by atomic mass is 16.4. The zero-order valence-corrected chi connectivity index (χ0v) is 22.1. The van der Waals surface area contributed by atoms with Gasteiger partial charge < -0.3 is 25.0 Å². The van der Waals surface area contributed by atoms with Gasteiger partial charge in [-0.05, 0) is 28.8 Å². The minimum Gasteiger partial charge on any atom is -0.385 e. The van der Waals surface area contributed by atoms with Gasteiger partial charge in [0.25, 0.3) is 5.91 Å². The van der Waals surface area contributed by atoms with Gasteiger partial charge in [-0.2, -0.15) is 0 Å². The number of β-amino-alcohol motifs (C(OH)–C–C–N with tert-alkyl or cyclic N) is 1. The van der Waals surface area contributed by atoms with Crippen LogP contribution in [0.1, 0.15) is 27.0 Å². The number of nitrogens with zero attached hydrogens (tertiary/aromatic N) is 1. The first-order valence-electron chi connectivity index (χ1n) is 13.4. The average Bonchev–Trinajstić information content (AvgIpc) is 2.98. The fourth-order valence-electron chi connectivity index (χ4n) is 6.05. The summed E-state index contributed by atoms with van der Waals surface area (Å²) in [5, 5.41) is 38.0. The van der Waals surface area contributed by atoms with E-state index in [1.807, 2.05) is 54.6 Å². The molecule has 0 saturated carbocycles. The van der Waals surface area contributed by atoms with Crippen molar-refractivity contribution in [2.24, 2.45) is 0 Å². The molecule has 1 saturated heterocycles. The maximum Gasteiger partial charge on any atom is 0.254 e. The Kier molecular flexibility index (Phi) is 7.68. The number of rotatable bonds is 8. The van der Waals surface area contributed by atoms with Crippen molar-refractivity contribution in [1.82, 2.24) is 4.90 Å². The number of likely N-dealkylation sites (tertiary alicyclic amines) is 1. The van der Waals surface area contributed by atoms with Crippen molar-refractivity contribution < 1.29 is 24.9 Å². The predicted molar refractivity (Wildman–Crippen MR) is 153 cm³/mol. The quantitative estimate of drug-likeness (QED) is 0.300. The minimum absolute atomic E-state index is 0.0571. The number of benzene rings is 4. The molecule has 1 aliphatic rings. The highest BCUT2D eigenvalue weighted by Crippen LogP contribution is 2.47. The van der Waals surface area contributed by atoms with Crippen molar-refractivity contribution in [2.45, 2.75) is 42.1 Å². The van der Waals surface area contributed by atoms with Gasteiger partial charge >= 0.3 is 0 Å². The number of carbonyl (C=O) groups excluding carboxylic acids is 2. The average molecular weight is 536 g/mol. The molecule has 40 heavy (non-hydrogen) atoms. The summed E-state index contributed by atoms with van der Waals surface area (Å²) in [6.45, 7) is -0.362. The Balaban J connectivity index is 1.71. The molecule has 4 unspecified atom stereocenters. The lowest BCUT2D eigenvalue weighted by Gasteiger charge is -2.61. The molecule has 1 fully saturated rings. The zero-order valence-electron chi connectivity index (χ0n) is 22.1. The number of amides is 1. The Morgan fingerprint density at radius 2 is 1.10 bits per heavy atom. The van der Waals surface area contributed by atoms with E-state index in [4.69, 9.17) is 0 Å². The molecule has 3 N–H and O–H groups in total. The summed E-state index contributed by atoms with van der Waals surface area (Å²) in [5.74, 6) is -0.516. The van der Waals surface area contributed by atoms with Gasteiger partial charge in [0.1, 0.15) is 29.1 Å². The Labute approximate surface area is 234 Å². The second-order valence-electron chi connectivity index (χ2n) is 10.7. The maximum atomic E-state index is 13.9. The van der Waals surface area contributed by atoms with Crippen LogP contribution in [0.5, 0.6) is 0 Å². The van der Waals surface area contributed by atoms with E-state index in [0.29, 0.717) is 23.0 Å². The molecule has 4 aromatic carbocycles. The molecule has 1 amide bonds. The van der Waals surface area contributed by atoms with Crippen LogP contribution in [0.2, 0.25) is 0 Å². The van der Waals surface area contributed by atoms with Crippen LogP contribution in [0, 0.1) is 0 Å². The lowest BCUT2D eigenvalue weighted by molar-refractivity contribution is -0.286. The largest absolute Gasteiger partial charge is 0.385 e. The van der Waals surface area contributed by atoms with Crippen molar-refractivity contribution in [3.63, 3.8) is 0 Å². The number of hydrogen-bond acceptors (Lipinski definition) is 5. The summed E-state index contributed by atoms with van der Waals surface area (Å²) >= 11 is 0. The third kappa shape index (κ3) is 4.97. The van der Waals surface area contributed by atoms with Crippen molar-refractivity contribution in [2.75, 3.05) is 6.54 Å². The molecule has 1 heterocycles. The Bertz CT molecular complexity index is 1430. The number of hydrogen-bond donors (Lipinski definition) is 3. The van der Waals surface area contributed by atoms with E-state index in [2.05, 4.69) is 0 Å². The van der Waals surface area contributed by atoms with Gasteiger partial charge in [0, 0.05) is 24.8 Å². The van der Waals surface area contributed by atoms with Crippen molar-refractivity contribution in [1.29, 1.82) is 0 Å². The molecular formula is C34H33NO5.